The van der Waals surface area contributed by atoms with Crippen molar-refractivity contribution in [2.45, 2.75) is 13.3 Å². The number of nitro benzene ring substituents is 1. The van der Waals surface area contributed by atoms with Gasteiger partial charge in [0.1, 0.15) is 5.02 Å². The minimum Gasteiger partial charge on any atom is -0.374 e. The number of anilines is 1. The van der Waals surface area contributed by atoms with E-state index in [0.29, 0.717) is 0 Å². The summed E-state index contributed by atoms with van der Waals surface area (Å²) in [5, 5.41) is 14.0. The number of nitrogens with one attached hydrogen (secondary N) is 1. The van der Waals surface area contributed by atoms with Gasteiger partial charge in [0.05, 0.1) is 4.92 Å². The van der Waals surface area contributed by atoms with Crippen LogP contribution in [0.25, 0.3) is 0 Å². The molecule has 5 nitrogen and oxygen atoms in total. The van der Waals surface area contributed by atoms with E-state index in [0.717, 1.165) is 30.8 Å². The van der Waals surface area contributed by atoms with Crippen LogP contribution in [-0.2, 0) is 0 Å². The average Bonchev–Trinajstić information content (AvgIpc) is 2.31. The first kappa shape index (κ1) is 14.7. The normalized spacial score (nSPS) is 10.4. The van der Waals surface area contributed by atoms with E-state index in [2.05, 4.69) is 10.2 Å². The third kappa shape index (κ3) is 3.58. The molecule has 0 spiro atoms. The third-order valence-electron chi connectivity index (χ3n) is 2.79. The lowest BCUT2D eigenvalue weighted by Crippen LogP contribution is -2.23. The molecule has 0 radical (unpaired) electrons. The van der Waals surface area contributed by atoms with Crippen molar-refractivity contribution in [3.05, 3.63) is 32.8 Å². The SMILES string of the molecule is CNCCCN(C)c1cc(Cl)c([N+](=O)[O-])cc1C. The quantitative estimate of drug-likeness (QED) is 0.491. The minimum atomic E-state index is -0.458. The van der Waals surface area contributed by atoms with Gasteiger partial charge in [-0.3, -0.25) is 10.1 Å². The molecular formula is C12H18ClN3O2. The highest BCUT2D eigenvalue weighted by Crippen LogP contribution is 2.32. The van der Waals surface area contributed by atoms with Crippen molar-refractivity contribution in [2.75, 3.05) is 32.1 Å². The van der Waals surface area contributed by atoms with Gasteiger partial charge in [-0.2, -0.15) is 0 Å². The van der Waals surface area contributed by atoms with Crippen molar-refractivity contribution in [3.63, 3.8) is 0 Å². The van der Waals surface area contributed by atoms with Crippen LogP contribution in [0.1, 0.15) is 12.0 Å². The molecule has 0 saturated carbocycles. The first-order chi connectivity index (χ1) is 8.47. The van der Waals surface area contributed by atoms with Crippen LogP contribution in [0, 0.1) is 17.0 Å². The number of aryl methyl sites for hydroxylation is 1. The molecule has 0 aliphatic carbocycles. The Hall–Kier alpha value is -1.33. The Morgan fingerprint density at radius 1 is 1.50 bits per heavy atom. The van der Waals surface area contributed by atoms with Crippen LogP contribution in [0.4, 0.5) is 11.4 Å². The monoisotopic (exact) mass is 271 g/mol. The number of rotatable bonds is 6. The maximum Gasteiger partial charge on any atom is 0.288 e. The minimum absolute atomic E-state index is 0.0402. The summed E-state index contributed by atoms with van der Waals surface area (Å²) < 4.78 is 0. The van der Waals surface area contributed by atoms with Crippen LogP contribution in [0.15, 0.2) is 12.1 Å². The summed E-state index contributed by atoms with van der Waals surface area (Å²) in [6, 6.07) is 3.18. The van der Waals surface area contributed by atoms with Crippen molar-refractivity contribution in [2.24, 2.45) is 0 Å². The van der Waals surface area contributed by atoms with Crippen molar-refractivity contribution < 1.29 is 4.92 Å². The molecule has 0 aliphatic rings. The van der Waals surface area contributed by atoms with E-state index < -0.39 is 4.92 Å². The Labute approximate surface area is 112 Å². The Balaban J connectivity index is 2.90. The topological polar surface area (TPSA) is 58.4 Å². The largest absolute Gasteiger partial charge is 0.374 e. The van der Waals surface area contributed by atoms with E-state index in [9.17, 15) is 10.1 Å². The Bertz CT molecular complexity index is 438. The maximum atomic E-state index is 10.8. The molecule has 0 fully saturated rings. The summed E-state index contributed by atoms with van der Waals surface area (Å²) in [5.74, 6) is 0. The molecule has 0 unspecified atom stereocenters. The highest BCUT2D eigenvalue weighted by atomic mass is 35.5. The lowest BCUT2D eigenvalue weighted by Gasteiger charge is -2.21. The van der Waals surface area contributed by atoms with Gasteiger partial charge < -0.3 is 10.2 Å². The molecule has 0 amide bonds. The Kier molecular flexibility index (Phi) is 5.37. The second-order valence-electron chi connectivity index (χ2n) is 4.23. The molecule has 0 bridgehead atoms. The summed E-state index contributed by atoms with van der Waals surface area (Å²) >= 11 is 5.92. The van der Waals surface area contributed by atoms with Gasteiger partial charge >= 0.3 is 0 Å². The van der Waals surface area contributed by atoms with Gasteiger partial charge in [0.2, 0.25) is 0 Å². The van der Waals surface area contributed by atoms with Crippen molar-refractivity contribution in [3.8, 4) is 0 Å². The Morgan fingerprint density at radius 3 is 2.72 bits per heavy atom. The smallest absolute Gasteiger partial charge is 0.288 e. The molecule has 0 saturated heterocycles. The number of nitrogens with zero attached hydrogens (tertiary/aromatic N) is 2. The lowest BCUT2D eigenvalue weighted by molar-refractivity contribution is -0.384. The molecule has 100 valence electrons. The molecule has 0 aromatic heterocycles. The first-order valence-corrected chi connectivity index (χ1v) is 6.15. The summed E-state index contributed by atoms with van der Waals surface area (Å²) in [6.45, 7) is 3.66. The van der Waals surface area contributed by atoms with Gasteiger partial charge in [-0.05, 0) is 38.6 Å². The van der Waals surface area contributed by atoms with Gasteiger partial charge in [0.15, 0.2) is 0 Å². The fraction of sp³-hybridized carbons (Fsp3) is 0.500. The van der Waals surface area contributed by atoms with Gasteiger partial charge in [0, 0.05) is 25.3 Å². The fourth-order valence-corrected chi connectivity index (χ4v) is 2.05. The second kappa shape index (κ2) is 6.56. The van der Waals surface area contributed by atoms with Gasteiger partial charge in [-0.1, -0.05) is 11.6 Å². The van der Waals surface area contributed by atoms with E-state index in [1.54, 1.807) is 6.07 Å². The molecule has 1 aromatic rings. The fourth-order valence-electron chi connectivity index (χ4n) is 1.82. The zero-order chi connectivity index (χ0) is 13.7. The number of halogens is 1. The van der Waals surface area contributed by atoms with Gasteiger partial charge in [-0.15, -0.1) is 0 Å². The van der Waals surface area contributed by atoms with Crippen LogP contribution in [0.5, 0.6) is 0 Å². The van der Waals surface area contributed by atoms with E-state index in [-0.39, 0.29) is 10.7 Å². The van der Waals surface area contributed by atoms with Gasteiger partial charge in [-0.25, -0.2) is 0 Å². The van der Waals surface area contributed by atoms with Crippen molar-refractivity contribution in [1.29, 1.82) is 0 Å². The van der Waals surface area contributed by atoms with Crippen molar-refractivity contribution in [1.82, 2.24) is 5.32 Å². The number of benzene rings is 1. The summed E-state index contributed by atoms with van der Waals surface area (Å²) in [7, 11) is 3.87. The Morgan fingerprint density at radius 2 is 2.17 bits per heavy atom. The third-order valence-corrected chi connectivity index (χ3v) is 3.10. The predicted molar refractivity (Wildman–Crippen MR) is 74.7 cm³/mol. The molecule has 1 rings (SSSR count). The summed E-state index contributed by atoms with van der Waals surface area (Å²) in [4.78, 5) is 12.4. The lowest BCUT2D eigenvalue weighted by atomic mass is 10.1. The van der Waals surface area contributed by atoms with E-state index in [1.165, 1.54) is 6.07 Å². The molecule has 0 atom stereocenters. The molecule has 0 heterocycles. The van der Waals surface area contributed by atoms with Crippen LogP contribution < -0.4 is 10.2 Å². The molecule has 1 aromatic carbocycles. The second-order valence-corrected chi connectivity index (χ2v) is 4.63. The molecule has 6 heteroatoms. The summed E-state index contributed by atoms with van der Waals surface area (Å²) in [5.41, 5.74) is 1.75. The molecular weight excluding hydrogens is 254 g/mol. The molecule has 0 aliphatic heterocycles. The number of hydrogen-bond donors (Lipinski definition) is 1. The predicted octanol–water partition coefficient (Wildman–Crippen LogP) is 2.60. The molecule has 18 heavy (non-hydrogen) atoms. The standard InChI is InChI=1S/C12H18ClN3O2/c1-9-7-12(16(17)18)10(13)8-11(9)15(3)6-4-5-14-2/h7-8,14H,4-6H2,1-3H3. The highest BCUT2D eigenvalue weighted by Gasteiger charge is 2.16. The number of nitro groups is 1. The van der Waals surface area contributed by atoms with Crippen LogP contribution in [0.3, 0.4) is 0 Å². The van der Waals surface area contributed by atoms with Crippen LogP contribution in [0.2, 0.25) is 5.02 Å². The van der Waals surface area contributed by atoms with Crippen LogP contribution in [-0.4, -0.2) is 32.1 Å². The van der Waals surface area contributed by atoms with E-state index in [1.807, 2.05) is 21.0 Å². The number of hydrogen-bond acceptors (Lipinski definition) is 4. The van der Waals surface area contributed by atoms with Crippen LogP contribution >= 0.6 is 11.6 Å². The van der Waals surface area contributed by atoms with Crippen molar-refractivity contribution >= 4 is 23.0 Å². The first-order valence-electron chi connectivity index (χ1n) is 5.77. The van der Waals surface area contributed by atoms with E-state index >= 15 is 0 Å². The average molecular weight is 272 g/mol. The molecule has 1 N–H and O–H groups in total. The highest BCUT2D eigenvalue weighted by molar-refractivity contribution is 6.33. The summed E-state index contributed by atoms with van der Waals surface area (Å²) in [6.07, 6.45) is 1.00. The van der Waals surface area contributed by atoms with E-state index in [4.69, 9.17) is 11.6 Å². The van der Waals surface area contributed by atoms with Gasteiger partial charge in [0.25, 0.3) is 5.69 Å². The zero-order valence-electron chi connectivity index (χ0n) is 10.9. The maximum absolute atomic E-state index is 10.8. The zero-order valence-corrected chi connectivity index (χ0v) is 11.6.